The Morgan fingerprint density at radius 2 is 2.00 bits per heavy atom. The summed E-state index contributed by atoms with van der Waals surface area (Å²) in [6, 6.07) is 6.12. The summed E-state index contributed by atoms with van der Waals surface area (Å²) in [6.07, 6.45) is 0. The number of thiazole rings is 1. The van der Waals surface area contributed by atoms with Crippen LogP contribution in [0.1, 0.15) is 16.1 Å². The van der Waals surface area contributed by atoms with Gasteiger partial charge in [-0.05, 0) is 12.1 Å². The largest absolute Gasteiger partial charge is 0.478 e. The number of carboxylic acid groups (broad SMARTS) is 1. The molecule has 0 fully saturated rings. The number of aromatic carboxylic acids is 1. The molecule has 110 valence electrons. The number of hydrogen-bond acceptors (Lipinski definition) is 4. The minimum Gasteiger partial charge on any atom is -0.478 e. The van der Waals surface area contributed by atoms with E-state index in [0.717, 1.165) is 5.69 Å². The van der Waals surface area contributed by atoms with Gasteiger partial charge in [0.25, 0.3) is 0 Å². The van der Waals surface area contributed by atoms with Crippen molar-refractivity contribution in [3.8, 4) is 0 Å². The van der Waals surface area contributed by atoms with Crippen molar-refractivity contribution in [2.24, 2.45) is 0 Å². The summed E-state index contributed by atoms with van der Waals surface area (Å²) in [7, 11) is 3.21. The van der Waals surface area contributed by atoms with Gasteiger partial charge < -0.3 is 10.0 Å². The maximum absolute atomic E-state index is 12.4. The van der Waals surface area contributed by atoms with Crippen LogP contribution in [0.15, 0.2) is 35.2 Å². The Morgan fingerprint density at radius 3 is 2.62 bits per heavy atom. The number of hydrogen-bond donors (Lipinski definition) is 1. The van der Waals surface area contributed by atoms with Crippen LogP contribution in [0.2, 0.25) is 0 Å². The normalized spacial score (nSPS) is 10.2. The number of benzene rings is 1. The lowest BCUT2D eigenvalue weighted by molar-refractivity contribution is 0.0697. The highest BCUT2D eigenvalue weighted by Crippen LogP contribution is 2.20. The fourth-order valence-electron chi connectivity index (χ4n) is 1.93. The molecular formula is C14H15N3O3S. The number of rotatable bonds is 4. The fourth-order valence-corrected chi connectivity index (χ4v) is 2.48. The van der Waals surface area contributed by atoms with Crippen molar-refractivity contribution in [2.45, 2.75) is 6.54 Å². The van der Waals surface area contributed by atoms with Crippen molar-refractivity contribution in [2.75, 3.05) is 19.0 Å². The molecule has 21 heavy (non-hydrogen) atoms. The zero-order valence-electron chi connectivity index (χ0n) is 11.7. The molecule has 0 unspecified atom stereocenters. The second-order valence-corrected chi connectivity index (χ2v) is 5.22. The van der Waals surface area contributed by atoms with E-state index in [4.69, 9.17) is 0 Å². The first-order valence-electron chi connectivity index (χ1n) is 6.19. The SMILES string of the molecule is CN(Cc1cscn1)C(=O)N(C)c1ccccc1C(=O)O. The molecule has 0 aliphatic heterocycles. The number of nitrogens with zero attached hydrogens (tertiary/aromatic N) is 3. The molecule has 1 N–H and O–H groups in total. The molecule has 2 aromatic rings. The first kappa shape index (κ1) is 15.0. The van der Waals surface area contributed by atoms with Gasteiger partial charge in [0.1, 0.15) is 0 Å². The molecule has 1 aromatic heterocycles. The highest BCUT2D eigenvalue weighted by atomic mass is 32.1. The van der Waals surface area contributed by atoms with Crippen molar-refractivity contribution in [1.29, 1.82) is 0 Å². The van der Waals surface area contributed by atoms with Gasteiger partial charge in [-0.1, -0.05) is 12.1 Å². The van der Waals surface area contributed by atoms with Gasteiger partial charge in [-0.15, -0.1) is 11.3 Å². The third kappa shape index (κ3) is 3.38. The number of carbonyl (C=O) groups excluding carboxylic acids is 1. The number of carbonyl (C=O) groups is 2. The first-order chi connectivity index (χ1) is 10.0. The molecule has 0 aliphatic carbocycles. The minimum absolute atomic E-state index is 0.0930. The molecule has 0 saturated carbocycles. The molecule has 7 heteroatoms. The minimum atomic E-state index is -1.06. The van der Waals surface area contributed by atoms with Crippen LogP contribution < -0.4 is 4.90 Å². The molecule has 6 nitrogen and oxygen atoms in total. The third-order valence-corrected chi connectivity index (χ3v) is 3.63. The van der Waals surface area contributed by atoms with Gasteiger partial charge in [-0.25, -0.2) is 14.6 Å². The summed E-state index contributed by atoms with van der Waals surface area (Å²) in [5.41, 5.74) is 2.96. The topological polar surface area (TPSA) is 73.7 Å². The van der Waals surface area contributed by atoms with E-state index in [-0.39, 0.29) is 11.6 Å². The third-order valence-electron chi connectivity index (χ3n) is 2.99. The van der Waals surface area contributed by atoms with Crippen molar-refractivity contribution in [3.63, 3.8) is 0 Å². The van der Waals surface area contributed by atoms with E-state index in [1.54, 1.807) is 37.8 Å². The average Bonchev–Trinajstić information content (AvgIpc) is 2.98. The number of urea groups is 1. The van der Waals surface area contributed by atoms with E-state index < -0.39 is 5.97 Å². The molecule has 0 radical (unpaired) electrons. The Kier molecular flexibility index (Phi) is 4.54. The van der Waals surface area contributed by atoms with Crippen LogP contribution in [0.3, 0.4) is 0 Å². The zero-order valence-corrected chi connectivity index (χ0v) is 12.5. The molecule has 1 aromatic carbocycles. The molecule has 0 atom stereocenters. The van der Waals surface area contributed by atoms with E-state index >= 15 is 0 Å². The highest BCUT2D eigenvalue weighted by molar-refractivity contribution is 7.07. The number of amides is 2. The fraction of sp³-hybridized carbons (Fsp3) is 0.214. The molecule has 0 spiro atoms. The van der Waals surface area contributed by atoms with E-state index in [9.17, 15) is 14.7 Å². The van der Waals surface area contributed by atoms with Crippen molar-refractivity contribution >= 4 is 29.0 Å². The average molecular weight is 305 g/mol. The molecular weight excluding hydrogens is 290 g/mol. The van der Waals surface area contributed by atoms with E-state index in [1.165, 1.54) is 27.2 Å². The second-order valence-electron chi connectivity index (χ2n) is 4.50. The summed E-state index contributed by atoms with van der Waals surface area (Å²) in [5, 5.41) is 11.1. The predicted molar refractivity (Wildman–Crippen MR) is 80.8 cm³/mol. The monoisotopic (exact) mass is 305 g/mol. The van der Waals surface area contributed by atoms with Crippen LogP contribution in [0, 0.1) is 0 Å². The highest BCUT2D eigenvalue weighted by Gasteiger charge is 2.20. The second kappa shape index (κ2) is 6.36. The Bertz CT molecular complexity index is 643. The van der Waals surface area contributed by atoms with Crippen LogP contribution in [0.4, 0.5) is 10.5 Å². The maximum atomic E-state index is 12.4. The van der Waals surface area contributed by atoms with Crippen molar-refractivity contribution in [1.82, 2.24) is 9.88 Å². The standard InChI is InChI=1S/C14H15N3O3S/c1-16(7-10-8-21-9-15-10)14(20)17(2)12-6-4-3-5-11(12)13(18)19/h3-6,8-9H,7H2,1-2H3,(H,18,19). The Balaban J connectivity index is 2.17. The summed E-state index contributed by atoms with van der Waals surface area (Å²) < 4.78 is 0. The van der Waals surface area contributed by atoms with Gasteiger partial charge >= 0.3 is 12.0 Å². The van der Waals surface area contributed by atoms with Crippen LogP contribution in [-0.2, 0) is 6.54 Å². The molecule has 0 aliphatic rings. The van der Waals surface area contributed by atoms with Crippen molar-refractivity contribution < 1.29 is 14.7 Å². The van der Waals surface area contributed by atoms with E-state index in [2.05, 4.69) is 4.98 Å². The number of carboxylic acids is 1. The molecule has 0 saturated heterocycles. The maximum Gasteiger partial charge on any atom is 0.337 e. The number of anilines is 1. The van der Waals surface area contributed by atoms with Gasteiger partial charge in [0, 0.05) is 19.5 Å². The van der Waals surface area contributed by atoms with Crippen molar-refractivity contribution in [3.05, 3.63) is 46.4 Å². The lowest BCUT2D eigenvalue weighted by atomic mass is 10.1. The van der Waals surface area contributed by atoms with Gasteiger partial charge in [-0.3, -0.25) is 4.90 Å². The number of para-hydroxylation sites is 1. The van der Waals surface area contributed by atoms with Gasteiger partial charge in [0.15, 0.2) is 0 Å². The van der Waals surface area contributed by atoms with Gasteiger partial charge in [-0.2, -0.15) is 0 Å². The quantitative estimate of drug-likeness (QED) is 0.942. The van der Waals surface area contributed by atoms with Crippen LogP contribution in [-0.4, -0.2) is 41.1 Å². The molecule has 0 bridgehead atoms. The lowest BCUT2D eigenvalue weighted by Gasteiger charge is -2.25. The van der Waals surface area contributed by atoms with E-state index in [1.807, 2.05) is 5.38 Å². The van der Waals surface area contributed by atoms with E-state index in [0.29, 0.717) is 12.2 Å². The summed E-state index contributed by atoms with van der Waals surface area (Å²) in [6.45, 7) is 0.377. The molecule has 2 amide bonds. The number of aromatic nitrogens is 1. The molecule has 2 rings (SSSR count). The predicted octanol–water partition coefficient (Wildman–Crippen LogP) is 2.53. The van der Waals surface area contributed by atoms with Gasteiger partial charge in [0.05, 0.1) is 29.0 Å². The van der Waals surface area contributed by atoms with Crippen LogP contribution in [0.5, 0.6) is 0 Å². The summed E-state index contributed by atoms with van der Waals surface area (Å²) in [5.74, 6) is -1.06. The Hall–Kier alpha value is -2.41. The summed E-state index contributed by atoms with van der Waals surface area (Å²) in [4.78, 5) is 30.5. The summed E-state index contributed by atoms with van der Waals surface area (Å²) >= 11 is 1.46. The zero-order chi connectivity index (χ0) is 15.4. The van der Waals surface area contributed by atoms with Gasteiger partial charge in [0.2, 0.25) is 0 Å². The molecule has 1 heterocycles. The first-order valence-corrected chi connectivity index (χ1v) is 7.13. The van der Waals surface area contributed by atoms with Crippen LogP contribution >= 0.6 is 11.3 Å². The smallest absolute Gasteiger partial charge is 0.337 e. The Labute approximate surface area is 126 Å². The Morgan fingerprint density at radius 1 is 1.29 bits per heavy atom. The lowest BCUT2D eigenvalue weighted by Crippen LogP contribution is -2.39. The van der Waals surface area contributed by atoms with Crippen LogP contribution in [0.25, 0.3) is 0 Å².